The number of fused-ring (bicyclic) bond motifs is 1. The van der Waals surface area contributed by atoms with Crippen molar-refractivity contribution in [1.82, 2.24) is 14.6 Å². The van der Waals surface area contributed by atoms with Gasteiger partial charge in [0.15, 0.2) is 5.65 Å². The summed E-state index contributed by atoms with van der Waals surface area (Å²) in [6.07, 6.45) is 3.57. The molecular formula is C16H13N3O. The van der Waals surface area contributed by atoms with Crippen molar-refractivity contribution in [2.45, 2.75) is 6.61 Å². The molecule has 0 N–H and O–H groups in total. The molecule has 0 aliphatic rings. The third-order valence-electron chi connectivity index (χ3n) is 2.83. The minimum atomic E-state index is 0.593. The van der Waals surface area contributed by atoms with Crippen LogP contribution in [0.4, 0.5) is 0 Å². The van der Waals surface area contributed by atoms with Gasteiger partial charge >= 0.3 is 0 Å². The van der Waals surface area contributed by atoms with Crippen molar-refractivity contribution in [2.75, 3.05) is 7.11 Å². The molecule has 0 aliphatic carbocycles. The van der Waals surface area contributed by atoms with Crippen LogP contribution in [0.15, 0.2) is 48.8 Å². The number of ether oxygens (including phenoxy) is 1. The summed E-state index contributed by atoms with van der Waals surface area (Å²) < 4.78 is 6.83. The van der Waals surface area contributed by atoms with Crippen molar-refractivity contribution in [1.29, 1.82) is 0 Å². The Kier molecular flexibility index (Phi) is 3.44. The lowest BCUT2D eigenvalue weighted by molar-refractivity contribution is 0.185. The van der Waals surface area contributed by atoms with Gasteiger partial charge in [-0.1, -0.05) is 18.1 Å². The van der Waals surface area contributed by atoms with Gasteiger partial charge in [0.25, 0.3) is 0 Å². The molecule has 20 heavy (non-hydrogen) atoms. The van der Waals surface area contributed by atoms with Crippen LogP contribution in [0.2, 0.25) is 0 Å². The average Bonchev–Trinajstić information content (AvgIpc) is 2.93. The van der Waals surface area contributed by atoms with E-state index in [9.17, 15) is 0 Å². The Balaban J connectivity index is 1.88. The fourth-order valence-electron chi connectivity index (χ4n) is 1.92. The summed E-state index contributed by atoms with van der Waals surface area (Å²) in [5, 5.41) is 4.10. The standard InChI is InChI=1S/C16H13N3O/c1-20-12-14-4-2-3-13(11-14)5-6-15-8-10-19-16(18-15)7-9-17-19/h2-4,7-11H,12H2,1H3. The molecule has 2 heterocycles. The zero-order valence-electron chi connectivity index (χ0n) is 11.1. The molecule has 0 radical (unpaired) electrons. The normalized spacial score (nSPS) is 10.2. The van der Waals surface area contributed by atoms with Gasteiger partial charge in [0.2, 0.25) is 0 Å². The molecule has 0 fully saturated rings. The number of nitrogens with zero attached hydrogens (tertiary/aromatic N) is 3. The molecule has 0 saturated carbocycles. The van der Waals surface area contributed by atoms with E-state index in [2.05, 4.69) is 21.9 Å². The maximum atomic E-state index is 5.11. The number of methoxy groups -OCH3 is 1. The molecule has 0 amide bonds. The van der Waals surface area contributed by atoms with Gasteiger partial charge in [-0.25, -0.2) is 9.50 Å². The zero-order chi connectivity index (χ0) is 13.8. The van der Waals surface area contributed by atoms with E-state index < -0.39 is 0 Å². The van der Waals surface area contributed by atoms with Crippen LogP contribution in [-0.2, 0) is 11.3 Å². The van der Waals surface area contributed by atoms with Crippen molar-refractivity contribution in [3.63, 3.8) is 0 Å². The SMILES string of the molecule is COCc1cccc(C#Cc2ccn3nccc3n2)c1. The fourth-order valence-corrected chi connectivity index (χ4v) is 1.92. The predicted molar refractivity (Wildman–Crippen MR) is 76.1 cm³/mol. The number of benzene rings is 1. The van der Waals surface area contributed by atoms with Gasteiger partial charge in [-0.2, -0.15) is 5.10 Å². The molecule has 0 atom stereocenters. The summed E-state index contributed by atoms with van der Waals surface area (Å²) in [5.74, 6) is 6.19. The summed E-state index contributed by atoms with van der Waals surface area (Å²) in [6.45, 7) is 0.593. The van der Waals surface area contributed by atoms with Crippen LogP contribution in [0.1, 0.15) is 16.8 Å². The molecule has 3 rings (SSSR count). The van der Waals surface area contributed by atoms with E-state index in [1.807, 2.05) is 42.6 Å². The Morgan fingerprint density at radius 2 is 2.15 bits per heavy atom. The quantitative estimate of drug-likeness (QED) is 0.666. The van der Waals surface area contributed by atoms with Crippen LogP contribution in [0.3, 0.4) is 0 Å². The maximum absolute atomic E-state index is 5.11. The first kappa shape index (κ1) is 12.4. The van der Waals surface area contributed by atoms with Crippen molar-refractivity contribution in [3.8, 4) is 11.8 Å². The first-order valence-electron chi connectivity index (χ1n) is 6.25. The molecule has 0 spiro atoms. The monoisotopic (exact) mass is 263 g/mol. The number of rotatable bonds is 2. The van der Waals surface area contributed by atoms with Crippen molar-refractivity contribution < 1.29 is 4.74 Å². The van der Waals surface area contributed by atoms with Crippen LogP contribution in [0.25, 0.3) is 5.65 Å². The Labute approximate surface area is 117 Å². The molecule has 4 heteroatoms. The summed E-state index contributed by atoms with van der Waals surface area (Å²) in [4.78, 5) is 4.41. The van der Waals surface area contributed by atoms with Gasteiger partial charge in [0, 0.05) is 24.9 Å². The van der Waals surface area contributed by atoms with Gasteiger partial charge < -0.3 is 4.74 Å². The molecule has 4 nitrogen and oxygen atoms in total. The molecule has 0 bridgehead atoms. The second-order valence-corrected chi connectivity index (χ2v) is 4.33. The van der Waals surface area contributed by atoms with Crippen LogP contribution in [0, 0.1) is 11.8 Å². The van der Waals surface area contributed by atoms with E-state index in [0.29, 0.717) is 6.61 Å². The van der Waals surface area contributed by atoms with Gasteiger partial charge in [-0.15, -0.1) is 0 Å². The number of hydrogen-bond acceptors (Lipinski definition) is 3. The largest absolute Gasteiger partial charge is 0.380 e. The smallest absolute Gasteiger partial charge is 0.156 e. The van der Waals surface area contributed by atoms with E-state index in [1.54, 1.807) is 17.8 Å². The highest BCUT2D eigenvalue weighted by Crippen LogP contribution is 2.06. The minimum absolute atomic E-state index is 0.593. The highest BCUT2D eigenvalue weighted by molar-refractivity contribution is 5.45. The second kappa shape index (κ2) is 5.55. The third-order valence-corrected chi connectivity index (χ3v) is 2.83. The van der Waals surface area contributed by atoms with Gasteiger partial charge in [-0.05, 0) is 29.7 Å². The summed E-state index contributed by atoms with van der Waals surface area (Å²) in [5.41, 5.74) is 3.59. The highest BCUT2D eigenvalue weighted by atomic mass is 16.5. The Morgan fingerprint density at radius 1 is 1.20 bits per heavy atom. The molecule has 1 aromatic carbocycles. The first-order valence-corrected chi connectivity index (χ1v) is 6.25. The van der Waals surface area contributed by atoms with Crippen LogP contribution >= 0.6 is 0 Å². The fraction of sp³-hybridized carbons (Fsp3) is 0.125. The second-order valence-electron chi connectivity index (χ2n) is 4.33. The molecule has 0 saturated heterocycles. The van der Waals surface area contributed by atoms with E-state index in [4.69, 9.17) is 4.74 Å². The Morgan fingerprint density at radius 3 is 3.05 bits per heavy atom. The average molecular weight is 263 g/mol. The Bertz CT molecular complexity index is 796. The molecule has 3 aromatic rings. The van der Waals surface area contributed by atoms with Gasteiger partial charge in [-0.3, -0.25) is 0 Å². The lowest BCUT2D eigenvalue weighted by Gasteiger charge is -1.99. The van der Waals surface area contributed by atoms with Gasteiger partial charge in [0.05, 0.1) is 12.8 Å². The number of aromatic nitrogens is 3. The molecule has 2 aromatic heterocycles. The lowest BCUT2D eigenvalue weighted by Crippen LogP contribution is -1.91. The molecular weight excluding hydrogens is 250 g/mol. The summed E-state index contributed by atoms with van der Waals surface area (Å²) in [7, 11) is 1.68. The minimum Gasteiger partial charge on any atom is -0.380 e. The van der Waals surface area contributed by atoms with E-state index in [1.165, 1.54) is 0 Å². The summed E-state index contributed by atoms with van der Waals surface area (Å²) >= 11 is 0. The van der Waals surface area contributed by atoms with E-state index >= 15 is 0 Å². The maximum Gasteiger partial charge on any atom is 0.156 e. The van der Waals surface area contributed by atoms with Crippen molar-refractivity contribution in [3.05, 3.63) is 65.6 Å². The van der Waals surface area contributed by atoms with Crippen molar-refractivity contribution in [2.24, 2.45) is 0 Å². The zero-order valence-corrected chi connectivity index (χ0v) is 11.1. The topological polar surface area (TPSA) is 39.4 Å². The van der Waals surface area contributed by atoms with Crippen molar-refractivity contribution >= 4 is 5.65 Å². The van der Waals surface area contributed by atoms with Crippen LogP contribution in [-0.4, -0.2) is 21.7 Å². The highest BCUT2D eigenvalue weighted by Gasteiger charge is 1.96. The van der Waals surface area contributed by atoms with E-state index in [-0.39, 0.29) is 0 Å². The predicted octanol–water partition coefficient (Wildman–Crippen LogP) is 2.28. The molecule has 98 valence electrons. The molecule has 0 aliphatic heterocycles. The van der Waals surface area contributed by atoms with Gasteiger partial charge in [0.1, 0.15) is 5.69 Å². The molecule has 0 unspecified atom stereocenters. The third kappa shape index (κ3) is 2.68. The Hall–Kier alpha value is -2.64. The lowest BCUT2D eigenvalue weighted by atomic mass is 10.1. The van der Waals surface area contributed by atoms with Crippen LogP contribution in [0.5, 0.6) is 0 Å². The summed E-state index contributed by atoms with van der Waals surface area (Å²) in [6, 6.07) is 11.7. The van der Waals surface area contributed by atoms with Crippen LogP contribution < -0.4 is 0 Å². The number of hydrogen-bond donors (Lipinski definition) is 0. The van der Waals surface area contributed by atoms with E-state index in [0.717, 1.165) is 22.5 Å². The first-order chi connectivity index (χ1) is 9.85.